The Labute approximate surface area is 128 Å². The normalized spacial score (nSPS) is 14.7. The summed E-state index contributed by atoms with van der Waals surface area (Å²) in [6, 6.07) is 12.1. The van der Waals surface area contributed by atoms with Crippen LogP contribution in [0.1, 0.15) is 30.9 Å². The summed E-state index contributed by atoms with van der Waals surface area (Å²) < 4.78 is 13.1. The molecular weight excluding hydrogens is 279 g/mol. The lowest BCUT2D eigenvalue weighted by Crippen LogP contribution is -2.01. The number of ketones is 1. The number of rotatable bonds is 3. The van der Waals surface area contributed by atoms with Crippen molar-refractivity contribution >= 4 is 11.4 Å². The molecule has 0 spiro atoms. The average Bonchev–Trinajstić information content (AvgIpc) is 2.86. The molecule has 1 N–H and O–H groups in total. The van der Waals surface area contributed by atoms with E-state index in [0.29, 0.717) is 18.4 Å². The van der Waals surface area contributed by atoms with Gasteiger partial charge in [-0.3, -0.25) is 4.79 Å². The second kappa shape index (κ2) is 5.76. The Morgan fingerprint density at radius 2 is 1.73 bits per heavy atom. The van der Waals surface area contributed by atoms with E-state index in [1.165, 1.54) is 12.1 Å². The molecule has 0 heterocycles. The number of halogens is 1. The topological polar surface area (TPSA) is 37.3 Å². The quantitative estimate of drug-likeness (QED) is 0.892. The Kier molecular flexibility index (Phi) is 3.80. The Hall–Kier alpha value is -2.42. The van der Waals surface area contributed by atoms with Gasteiger partial charge in [-0.1, -0.05) is 31.2 Å². The lowest BCUT2D eigenvalue weighted by molar-refractivity contribution is -0.113. The highest BCUT2D eigenvalue weighted by Gasteiger charge is 2.25. The molecule has 0 atom stereocenters. The molecule has 1 aliphatic rings. The van der Waals surface area contributed by atoms with Crippen LogP contribution in [0.5, 0.6) is 0 Å². The summed E-state index contributed by atoms with van der Waals surface area (Å²) in [5, 5.41) is 10.0. The van der Waals surface area contributed by atoms with E-state index in [-0.39, 0.29) is 17.4 Å². The third kappa shape index (κ3) is 2.54. The number of carbonyl (C=O) groups excluding carboxylic acids is 1. The van der Waals surface area contributed by atoms with Gasteiger partial charge in [0, 0.05) is 12.8 Å². The van der Waals surface area contributed by atoms with Crippen molar-refractivity contribution in [2.24, 2.45) is 0 Å². The van der Waals surface area contributed by atoms with Gasteiger partial charge in [0.2, 0.25) is 0 Å². The maximum absolute atomic E-state index is 13.1. The minimum atomic E-state index is -0.277. The SMILES string of the molecule is CCc1ccc(-c2ccc(F)cc2)cc1C1=C(O)CCC1=O. The number of hydrogen-bond donors (Lipinski definition) is 1. The summed E-state index contributed by atoms with van der Waals surface area (Å²) in [7, 11) is 0. The van der Waals surface area contributed by atoms with Gasteiger partial charge in [-0.25, -0.2) is 4.39 Å². The van der Waals surface area contributed by atoms with Crippen molar-refractivity contribution in [3.63, 3.8) is 0 Å². The second-order valence-corrected chi connectivity index (χ2v) is 5.48. The van der Waals surface area contributed by atoms with Gasteiger partial charge < -0.3 is 5.11 Å². The van der Waals surface area contributed by atoms with Crippen molar-refractivity contribution in [2.75, 3.05) is 0 Å². The van der Waals surface area contributed by atoms with E-state index in [1.54, 1.807) is 12.1 Å². The van der Waals surface area contributed by atoms with Gasteiger partial charge in [-0.05, 0) is 46.9 Å². The van der Waals surface area contributed by atoms with E-state index in [0.717, 1.165) is 28.7 Å². The van der Waals surface area contributed by atoms with Crippen molar-refractivity contribution in [3.05, 3.63) is 65.2 Å². The monoisotopic (exact) mass is 296 g/mol. The zero-order chi connectivity index (χ0) is 15.7. The molecule has 2 aromatic rings. The van der Waals surface area contributed by atoms with Gasteiger partial charge in [0.25, 0.3) is 0 Å². The largest absolute Gasteiger partial charge is 0.512 e. The lowest BCUT2D eigenvalue weighted by atomic mass is 9.92. The molecule has 0 saturated carbocycles. The Morgan fingerprint density at radius 3 is 2.32 bits per heavy atom. The van der Waals surface area contributed by atoms with Crippen molar-refractivity contribution in [1.82, 2.24) is 0 Å². The van der Waals surface area contributed by atoms with Crippen LogP contribution >= 0.6 is 0 Å². The highest BCUT2D eigenvalue weighted by atomic mass is 19.1. The Bertz CT molecular complexity index is 758. The average molecular weight is 296 g/mol. The molecule has 22 heavy (non-hydrogen) atoms. The highest BCUT2D eigenvalue weighted by Crippen LogP contribution is 2.34. The van der Waals surface area contributed by atoms with Gasteiger partial charge in [-0.2, -0.15) is 0 Å². The third-order valence-electron chi connectivity index (χ3n) is 4.09. The number of benzene rings is 2. The first-order valence-electron chi connectivity index (χ1n) is 7.44. The van der Waals surface area contributed by atoms with E-state index in [4.69, 9.17) is 0 Å². The summed E-state index contributed by atoms with van der Waals surface area (Å²) in [5.74, 6) is -0.111. The number of allylic oxidation sites excluding steroid dienone is 2. The van der Waals surface area contributed by atoms with Gasteiger partial charge >= 0.3 is 0 Å². The first-order valence-corrected chi connectivity index (χ1v) is 7.44. The predicted molar refractivity (Wildman–Crippen MR) is 85.0 cm³/mol. The fourth-order valence-electron chi connectivity index (χ4n) is 2.89. The number of Topliss-reactive ketones (excluding diaryl/α,β-unsaturated/α-hetero) is 1. The minimum Gasteiger partial charge on any atom is -0.512 e. The van der Waals surface area contributed by atoms with Crippen LogP contribution in [0, 0.1) is 5.82 Å². The van der Waals surface area contributed by atoms with Crippen LogP contribution in [0.4, 0.5) is 4.39 Å². The number of carbonyl (C=O) groups is 1. The zero-order valence-electron chi connectivity index (χ0n) is 12.4. The molecule has 0 bridgehead atoms. The van der Waals surface area contributed by atoms with Crippen molar-refractivity contribution in [2.45, 2.75) is 26.2 Å². The van der Waals surface area contributed by atoms with Gasteiger partial charge in [0.15, 0.2) is 5.78 Å². The fourth-order valence-corrected chi connectivity index (χ4v) is 2.89. The molecule has 2 nitrogen and oxygen atoms in total. The molecule has 1 aliphatic carbocycles. The Morgan fingerprint density at radius 1 is 1.05 bits per heavy atom. The third-order valence-corrected chi connectivity index (χ3v) is 4.09. The van der Waals surface area contributed by atoms with Crippen LogP contribution in [0.3, 0.4) is 0 Å². The van der Waals surface area contributed by atoms with E-state index >= 15 is 0 Å². The smallest absolute Gasteiger partial charge is 0.167 e. The van der Waals surface area contributed by atoms with Gasteiger partial charge in [0.05, 0.1) is 5.57 Å². The first kappa shape index (κ1) is 14.5. The molecule has 0 aromatic heterocycles. The molecule has 112 valence electrons. The molecule has 3 rings (SSSR count). The predicted octanol–water partition coefficient (Wildman–Crippen LogP) is 4.69. The van der Waals surface area contributed by atoms with Crippen LogP contribution in [0.2, 0.25) is 0 Å². The van der Waals surface area contributed by atoms with Crippen molar-refractivity contribution in [3.8, 4) is 11.1 Å². The van der Waals surface area contributed by atoms with Crippen LogP contribution in [-0.2, 0) is 11.2 Å². The summed E-state index contributed by atoms with van der Waals surface area (Å²) in [6.45, 7) is 2.02. The zero-order valence-corrected chi connectivity index (χ0v) is 12.4. The van der Waals surface area contributed by atoms with E-state index in [9.17, 15) is 14.3 Å². The maximum Gasteiger partial charge on any atom is 0.167 e. The molecule has 0 aliphatic heterocycles. The first-order chi connectivity index (χ1) is 10.6. The van der Waals surface area contributed by atoms with Gasteiger partial charge in [-0.15, -0.1) is 0 Å². The number of aliphatic hydroxyl groups is 1. The number of aliphatic hydroxyl groups excluding tert-OH is 1. The maximum atomic E-state index is 13.1. The molecule has 2 aromatic carbocycles. The summed E-state index contributed by atoms with van der Waals surface area (Å²) in [4.78, 5) is 12.1. The fraction of sp³-hybridized carbons (Fsp3) is 0.211. The van der Waals surface area contributed by atoms with Crippen LogP contribution in [-0.4, -0.2) is 10.9 Å². The number of hydrogen-bond acceptors (Lipinski definition) is 2. The molecule has 0 radical (unpaired) electrons. The molecular formula is C19H17FO2. The molecule has 0 unspecified atom stereocenters. The molecule has 3 heteroatoms. The Balaban J connectivity index is 2.13. The molecule has 0 amide bonds. The van der Waals surface area contributed by atoms with E-state index in [1.807, 2.05) is 25.1 Å². The minimum absolute atomic E-state index is 0.0107. The summed E-state index contributed by atoms with van der Waals surface area (Å²) in [5.41, 5.74) is 4.07. The summed E-state index contributed by atoms with van der Waals surface area (Å²) >= 11 is 0. The van der Waals surface area contributed by atoms with Gasteiger partial charge in [0.1, 0.15) is 11.6 Å². The lowest BCUT2D eigenvalue weighted by Gasteiger charge is -2.12. The molecule has 0 fully saturated rings. The molecule has 0 saturated heterocycles. The summed E-state index contributed by atoms with van der Waals surface area (Å²) in [6.07, 6.45) is 1.56. The van der Waals surface area contributed by atoms with Crippen molar-refractivity contribution in [1.29, 1.82) is 0 Å². The second-order valence-electron chi connectivity index (χ2n) is 5.48. The van der Waals surface area contributed by atoms with E-state index < -0.39 is 0 Å². The van der Waals surface area contributed by atoms with E-state index in [2.05, 4.69) is 0 Å². The van der Waals surface area contributed by atoms with Crippen LogP contribution < -0.4 is 0 Å². The standard InChI is InChI=1S/C19H17FO2/c1-2-12-3-4-14(13-5-7-15(20)8-6-13)11-16(12)19-17(21)9-10-18(19)22/h3-8,11,21H,2,9-10H2,1H3. The van der Waals surface area contributed by atoms with Crippen LogP contribution in [0.15, 0.2) is 48.2 Å². The van der Waals surface area contributed by atoms with Crippen LogP contribution in [0.25, 0.3) is 16.7 Å². The van der Waals surface area contributed by atoms with Crippen molar-refractivity contribution < 1.29 is 14.3 Å². The highest BCUT2D eigenvalue weighted by molar-refractivity contribution is 6.23. The number of aryl methyl sites for hydroxylation is 1.